The van der Waals surface area contributed by atoms with Gasteiger partial charge in [-0.05, 0) is 18.6 Å². The fourth-order valence-electron chi connectivity index (χ4n) is 2.84. The van der Waals surface area contributed by atoms with Crippen molar-refractivity contribution in [2.24, 2.45) is 0 Å². The van der Waals surface area contributed by atoms with Gasteiger partial charge in [-0.2, -0.15) is 0 Å². The Morgan fingerprint density at radius 3 is 2.69 bits per heavy atom. The molecular formula is C19H20ClN3O3. The molecule has 0 aliphatic heterocycles. The van der Waals surface area contributed by atoms with Gasteiger partial charge in [-0.15, -0.1) is 0 Å². The second-order valence-corrected chi connectivity index (χ2v) is 6.13. The van der Waals surface area contributed by atoms with Gasteiger partial charge in [-0.1, -0.05) is 31.0 Å². The Morgan fingerprint density at radius 1 is 1.23 bits per heavy atom. The van der Waals surface area contributed by atoms with Crippen LogP contribution in [0.3, 0.4) is 0 Å². The minimum absolute atomic E-state index is 0.269. The maximum atomic E-state index is 13.0. The van der Waals surface area contributed by atoms with Crippen molar-refractivity contribution in [1.29, 1.82) is 0 Å². The first-order valence-corrected chi connectivity index (χ1v) is 8.65. The first-order chi connectivity index (χ1) is 12.6. The summed E-state index contributed by atoms with van der Waals surface area (Å²) in [5, 5.41) is 3.30. The lowest BCUT2D eigenvalue weighted by Crippen LogP contribution is -2.17. The molecule has 6 nitrogen and oxygen atoms in total. The van der Waals surface area contributed by atoms with Gasteiger partial charge in [0.05, 0.1) is 30.6 Å². The number of benzene rings is 1. The average molecular weight is 374 g/mol. The number of aryl methyl sites for hydroxylation is 1. The molecule has 0 unspecified atom stereocenters. The molecule has 0 bridgehead atoms. The first-order valence-electron chi connectivity index (χ1n) is 8.27. The second kappa shape index (κ2) is 7.66. The number of carbonyl (C=O) groups excluding carboxylic acids is 1. The van der Waals surface area contributed by atoms with Crippen LogP contribution < -0.4 is 14.8 Å². The van der Waals surface area contributed by atoms with E-state index in [1.165, 1.54) is 14.2 Å². The number of aromatic nitrogens is 2. The van der Waals surface area contributed by atoms with Crippen molar-refractivity contribution in [3.8, 4) is 11.5 Å². The number of amides is 1. The predicted octanol–water partition coefficient (Wildman–Crippen LogP) is 4.21. The number of anilines is 1. The number of carbonyl (C=O) groups is 1. The van der Waals surface area contributed by atoms with Crippen LogP contribution in [0.4, 0.5) is 5.69 Å². The summed E-state index contributed by atoms with van der Waals surface area (Å²) in [4.78, 5) is 17.6. The molecule has 0 saturated heterocycles. The second-order valence-electron chi connectivity index (χ2n) is 5.73. The maximum absolute atomic E-state index is 13.0. The van der Waals surface area contributed by atoms with Gasteiger partial charge in [0.15, 0.2) is 0 Å². The quantitative estimate of drug-likeness (QED) is 0.703. The molecule has 0 aliphatic rings. The summed E-state index contributed by atoms with van der Waals surface area (Å²) in [6, 6.07) is 8.89. The molecular weight excluding hydrogens is 354 g/mol. The minimum atomic E-state index is -0.269. The molecule has 0 atom stereocenters. The van der Waals surface area contributed by atoms with Crippen molar-refractivity contribution in [1.82, 2.24) is 9.38 Å². The number of pyridine rings is 1. The van der Waals surface area contributed by atoms with Gasteiger partial charge in [0.2, 0.25) is 0 Å². The zero-order valence-corrected chi connectivity index (χ0v) is 15.6. The Morgan fingerprint density at radius 2 is 2.00 bits per heavy atom. The third kappa shape index (κ3) is 3.32. The highest BCUT2D eigenvalue weighted by atomic mass is 35.5. The molecule has 3 aromatic rings. The zero-order chi connectivity index (χ0) is 18.7. The number of methoxy groups -OCH3 is 2. The topological polar surface area (TPSA) is 64.9 Å². The Hall–Kier alpha value is -2.73. The van der Waals surface area contributed by atoms with Crippen molar-refractivity contribution in [2.45, 2.75) is 19.8 Å². The Kier molecular flexibility index (Phi) is 5.32. The van der Waals surface area contributed by atoms with Crippen LogP contribution in [0.1, 0.15) is 29.5 Å². The summed E-state index contributed by atoms with van der Waals surface area (Å²) in [5.74, 6) is 0.638. The molecule has 7 heteroatoms. The summed E-state index contributed by atoms with van der Waals surface area (Å²) >= 11 is 6.13. The van der Waals surface area contributed by atoms with Crippen LogP contribution in [0, 0.1) is 0 Å². The number of nitrogens with one attached hydrogen (secondary N) is 1. The van der Waals surface area contributed by atoms with Crippen LogP contribution in [-0.4, -0.2) is 29.5 Å². The molecule has 0 fully saturated rings. The van der Waals surface area contributed by atoms with E-state index in [0.717, 1.165) is 17.8 Å². The van der Waals surface area contributed by atoms with E-state index < -0.39 is 0 Å². The van der Waals surface area contributed by atoms with E-state index in [1.807, 2.05) is 24.4 Å². The lowest BCUT2D eigenvalue weighted by molar-refractivity contribution is 0.102. The minimum Gasteiger partial charge on any atom is -0.495 e. The molecule has 2 heterocycles. The fraction of sp³-hybridized carbons (Fsp3) is 0.263. The molecule has 136 valence electrons. The molecule has 0 radical (unpaired) electrons. The highest BCUT2D eigenvalue weighted by Gasteiger charge is 2.20. The van der Waals surface area contributed by atoms with Gasteiger partial charge in [0, 0.05) is 18.3 Å². The number of halogens is 1. The standard InChI is InChI=1S/C19H20ClN3O3/c1-4-7-13-18(23-9-6-5-8-17(23)21-13)19(24)22-14-11-15(25-2)12(20)10-16(14)26-3/h5-6,8-11H,4,7H2,1-3H3,(H,22,24). The largest absolute Gasteiger partial charge is 0.495 e. The summed E-state index contributed by atoms with van der Waals surface area (Å²) in [5.41, 5.74) is 2.49. The van der Waals surface area contributed by atoms with Crippen LogP contribution >= 0.6 is 11.6 Å². The SMILES string of the molecule is CCCc1nc2ccccn2c1C(=O)Nc1cc(OC)c(Cl)cc1OC. The molecule has 0 spiro atoms. The lowest BCUT2D eigenvalue weighted by atomic mass is 10.2. The van der Waals surface area contributed by atoms with Crippen molar-refractivity contribution in [3.63, 3.8) is 0 Å². The molecule has 1 amide bonds. The van der Waals surface area contributed by atoms with Crippen LogP contribution in [-0.2, 0) is 6.42 Å². The van der Waals surface area contributed by atoms with E-state index in [1.54, 1.807) is 16.5 Å². The molecule has 1 aromatic carbocycles. The van der Waals surface area contributed by atoms with Crippen molar-refractivity contribution >= 4 is 28.8 Å². The van der Waals surface area contributed by atoms with Crippen LogP contribution in [0.25, 0.3) is 5.65 Å². The number of imidazole rings is 1. The van der Waals surface area contributed by atoms with Gasteiger partial charge in [-0.3, -0.25) is 9.20 Å². The van der Waals surface area contributed by atoms with Gasteiger partial charge >= 0.3 is 0 Å². The Bertz CT molecular complexity index is 953. The summed E-state index contributed by atoms with van der Waals surface area (Å²) in [6.45, 7) is 2.05. The van der Waals surface area contributed by atoms with E-state index in [2.05, 4.69) is 17.2 Å². The zero-order valence-electron chi connectivity index (χ0n) is 14.9. The molecule has 26 heavy (non-hydrogen) atoms. The molecule has 2 aromatic heterocycles. The van der Waals surface area contributed by atoms with Crippen molar-refractivity contribution in [3.05, 3.63) is 52.9 Å². The third-order valence-electron chi connectivity index (χ3n) is 4.03. The van der Waals surface area contributed by atoms with E-state index in [0.29, 0.717) is 34.3 Å². The summed E-state index contributed by atoms with van der Waals surface area (Å²) in [7, 11) is 3.04. The predicted molar refractivity (Wildman–Crippen MR) is 102 cm³/mol. The summed E-state index contributed by atoms with van der Waals surface area (Å²) < 4.78 is 12.4. The van der Waals surface area contributed by atoms with E-state index >= 15 is 0 Å². The van der Waals surface area contributed by atoms with E-state index in [-0.39, 0.29) is 5.91 Å². The van der Waals surface area contributed by atoms with Gasteiger partial charge in [0.25, 0.3) is 5.91 Å². The van der Waals surface area contributed by atoms with Gasteiger partial charge in [0.1, 0.15) is 22.8 Å². The number of fused-ring (bicyclic) bond motifs is 1. The molecule has 0 aliphatic carbocycles. The number of nitrogens with zero attached hydrogens (tertiary/aromatic N) is 2. The lowest BCUT2D eigenvalue weighted by Gasteiger charge is -2.13. The third-order valence-corrected chi connectivity index (χ3v) is 4.32. The smallest absolute Gasteiger partial charge is 0.274 e. The monoisotopic (exact) mass is 373 g/mol. The number of ether oxygens (including phenoxy) is 2. The maximum Gasteiger partial charge on any atom is 0.274 e. The summed E-state index contributed by atoms with van der Waals surface area (Å²) in [6.07, 6.45) is 3.43. The van der Waals surface area contributed by atoms with Crippen molar-refractivity contribution < 1.29 is 14.3 Å². The van der Waals surface area contributed by atoms with E-state index in [4.69, 9.17) is 21.1 Å². The van der Waals surface area contributed by atoms with Crippen LogP contribution in [0.5, 0.6) is 11.5 Å². The van der Waals surface area contributed by atoms with Gasteiger partial charge in [-0.25, -0.2) is 4.98 Å². The van der Waals surface area contributed by atoms with Crippen LogP contribution in [0.2, 0.25) is 5.02 Å². The van der Waals surface area contributed by atoms with Gasteiger partial charge < -0.3 is 14.8 Å². The molecule has 3 rings (SSSR count). The Balaban J connectivity index is 2.03. The van der Waals surface area contributed by atoms with Crippen molar-refractivity contribution in [2.75, 3.05) is 19.5 Å². The average Bonchev–Trinajstić information content (AvgIpc) is 3.01. The fourth-order valence-corrected chi connectivity index (χ4v) is 3.07. The first kappa shape index (κ1) is 18.1. The van der Waals surface area contributed by atoms with Crippen LogP contribution in [0.15, 0.2) is 36.5 Å². The normalized spacial score (nSPS) is 10.8. The highest BCUT2D eigenvalue weighted by molar-refractivity contribution is 6.32. The number of hydrogen-bond donors (Lipinski definition) is 1. The number of hydrogen-bond acceptors (Lipinski definition) is 4. The molecule has 0 saturated carbocycles. The van der Waals surface area contributed by atoms with E-state index in [9.17, 15) is 4.79 Å². The highest BCUT2D eigenvalue weighted by Crippen LogP contribution is 2.36. The molecule has 1 N–H and O–H groups in total. The number of rotatable bonds is 6. The Labute approximate surface area is 156 Å².